The summed E-state index contributed by atoms with van der Waals surface area (Å²) in [7, 11) is 1.40. The number of fused-ring (bicyclic) bond motifs is 1. The Morgan fingerprint density at radius 2 is 2.19 bits per heavy atom. The molecule has 4 nitrogen and oxygen atoms in total. The smallest absolute Gasteiger partial charge is 0.306 e. The molecule has 0 aromatic heterocycles. The fourth-order valence-corrected chi connectivity index (χ4v) is 1.67. The van der Waals surface area contributed by atoms with Crippen LogP contribution in [0.1, 0.15) is 24.8 Å². The largest absolute Gasteiger partial charge is 0.469 e. The fraction of sp³-hybridized carbons (Fsp3) is 0.417. The second-order valence-corrected chi connectivity index (χ2v) is 3.79. The Labute approximate surface area is 94.1 Å². The summed E-state index contributed by atoms with van der Waals surface area (Å²) in [6, 6.07) is 5.72. The minimum Gasteiger partial charge on any atom is -0.469 e. The molecular weight excluding hydrogens is 208 g/mol. The van der Waals surface area contributed by atoms with Gasteiger partial charge in [0.1, 0.15) is 0 Å². The van der Waals surface area contributed by atoms with E-state index in [0.29, 0.717) is 6.42 Å². The maximum absolute atomic E-state index is 11.2. The summed E-state index contributed by atoms with van der Waals surface area (Å²) < 4.78 is 15.1. The Kier molecular flexibility index (Phi) is 2.99. The van der Waals surface area contributed by atoms with E-state index in [1.54, 1.807) is 0 Å². The third kappa shape index (κ3) is 2.10. The Balaban J connectivity index is 2.12. The number of hydrogen-bond acceptors (Lipinski definition) is 4. The molecule has 1 aromatic carbocycles. The van der Waals surface area contributed by atoms with Gasteiger partial charge in [-0.05, 0) is 23.6 Å². The predicted molar refractivity (Wildman–Crippen MR) is 57.6 cm³/mol. The highest BCUT2D eigenvalue weighted by Gasteiger charge is 2.17. The van der Waals surface area contributed by atoms with Crippen LogP contribution in [-0.4, -0.2) is 19.9 Å². The number of hydrogen-bond donors (Lipinski definition) is 0. The maximum atomic E-state index is 11.2. The molecule has 4 heteroatoms. The monoisotopic (exact) mass is 222 g/mol. The first-order valence-electron chi connectivity index (χ1n) is 5.17. The first-order valence-corrected chi connectivity index (χ1v) is 5.17. The molecule has 0 saturated carbocycles. The van der Waals surface area contributed by atoms with Crippen molar-refractivity contribution in [3.05, 3.63) is 23.8 Å². The molecule has 1 aliphatic heterocycles. The van der Waals surface area contributed by atoms with Gasteiger partial charge in [0, 0.05) is 0 Å². The standard InChI is InChI=1S/C12H14O4/c1-8(5-12(13)14-2)9-3-4-10-11(6-9)16-7-15-10/h3-4,6,8H,5,7H2,1-2H3. The molecule has 1 heterocycles. The van der Waals surface area contributed by atoms with Gasteiger partial charge in [-0.25, -0.2) is 0 Å². The highest BCUT2D eigenvalue weighted by Crippen LogP contribution is 2.35. The average Bonchev–Trinajstić information content (AvgIpc) is 2.75. The number of ether oxygens (including phenoxy) is 3. The van der Waals surface area contributed by atoms with Crippen LogP contribution in [0, 0.1) is 0 Å². The molecule has 1 aliphatic rings. The zero-order chi connectivity index (χ0) is 11.5. The molecule has 1 aromatic rings. The summed E-state index contributed by atoms with van der Waals surface area (Å²) >= 11 is 0. The van der Waals surface area contributed by atoms with Crippen molar-refractivity contribution >= 4 is 5.97 Å². The van der Waals surface area contributed by atoms with E-state index in [9.17, 15) is 4.79 Å². The Morgan fingerprint density at radius 1 is 1.44 bits per heavy atom. The minimum atomic E-state index is -0.204. The van der Waals surface area contributed by atoms with Crippen LogP contribution in [0.25, 0.3) is 0 Å². The highest BCUT2D eigenvalue weighted by molar-refractivity contribution is 5.70. The molecular formula is C12H14O4. The van der Waals surface area contributed by atoms with Crippen molar-refractivity contribution in [2.75, 3.05) is 13.9 Å². The summed E-state index contributed by atoms with van der Waals surface area (Å²) in [5.41, 5.74) is 1.05. The second-order valence-electron chi connectivity index (χ2n) is 3.79. The summed E-state index contributed by atoms with van der Waals surface area (Å²) in [4.78, 5) is 11.2. The van der Waals surface area contributed by atoms with E-state index >= 15 is 0 Å². The molecule has 16 heavy (non-hydrogen) atoms. The third-order valence-corrected chi connectivity index (χ3v) is 2.67. The van der Waals surface area contributed by atoms with Gasteiger partial charge in [0.2, 0.25) is 6.79 Å². The number of esters is 1. The molecule has 86 valence electrons. The van der Waals surface area contributed by atoms with Gasteiger partial charge < -0.3 is 14.2 Å². The number of methoxy groups -OCH3 is 1. The van der Waals surface area contributed by atoms with Crippen LogP contribution in [0.3, 0.4) is 0 Å². The van der Waals surface area contributed by atoms with E-state index in [1.165, 1.54) is 7.11 Å². The van der Waals surface area contributed by atoms with E-state index in [0.717, 1.165) is 17.1 Å². The molecule has 1 atom stereocenters. The van der Waals surface area contributed by atoms with Gasteiger partial charge in [-0.3, -0.25) is 4.79 Å². The van der Waals surface area contributed by atoms with Crippen LogP contribution in [0.4, 0.5) is 0 Å². The lowest BCUT2D eigenvalue weighted by molar-refractivity contribution is -0.140. The number of carbonyl (C=O) groups is 1. The van der Waals surface area contributed by atoms with Crippen molar-refractivity contribution < 1.29 is 19.0 Å². The molecule has 0 spiro atoms. The zero-order valence-corrected chi connectivity index (χ0v) is 9.36. The summed E-state index contributed by atoms with van der Waals surface area (Å²) in [5, 5.41) is 0. The van der Waals surface area contributed by atoms with Gasteiger partial charge in [0.05, 0.1) is 13.5 Å². The predicted octanol–water partition coefficient (Wildman–Crippen LogP) is 2.08. The molecule has 0 saturated heterocycles. The van der Waals surface area contributed by atoms with Gasteiger partial charge in [-0.15, -0.1) is 0 Å². The van der Waals surface area contributed by atoms with Crippen molar-refractivity contribution in [2.45, 2.75) is 19.3 Å². The summed E-state index contributed by atoms with van der Waals surface area (Å²) in [6.07, 6.45) is 0.371. The van der Waals surface area contributed by atoms with Crippen LogP contribution in [-0.2, 0) is 9.53 Å². The van der Waals surface area contributed by atoms with Crippen LogP contribution in [0.15, 0.2) is 18.2 Å². The third-order valence-electron chi connectivity index (χ3n) is 2.67. The number of carbonyl (C=O) groups excluding carboxylic acids is 1. The number of rotatable bonds is 3. The quantitative estimate of drug-likeness (QED) is 0.734. The van der Waals surface area contributed by atoms with E-state index in [-0.39, 0.29) is 18.7 Å². The Morgan fingerprint density at radius 3 is 2.94 bits per heavy atom. The molecule has 0 amide bonds. The lowest BCUT2D eigenvalue weighted by atomic mass is 9.97. The van der Waals surface area contributed by atoms with E-state index in [1.807, 2.05) is 25.1 Å². The average molecular weight is 222 g/mol. The maximum Gasteiger partial charge on any atom is 0.306 e. The van der Waals surface area contributed by atoms with Crippen LogP contribution in [0.5, 0.6) is 11.5 Å². The van der Waals surface area contributed by atoms with Gasteiger partial charge in [0.15, 0.2) is 11.5 Å². The molecule has 0 radical (unpaired) electrons. The van der Waals surface area contributed by atoms with Gasteiger partial charge >= 0.3 is 5.97 Å². The number of benzene rings is 1. The van der Waals surface area contributed by atoms with Crippen molar-refractivity contribution in [1.29, 1.82) is 0 Å². The van der Waals surface area contributed by atoms with Crippen LogP contribution in [0.2, 0.25) is 0 Å². The SMILES string of the molecule is COC(=O)CC(C)c1ccc2c(c1)OCO2. The first-order chi connectivity index (χ1) is 7.70. The molecule has 0 N–H and O–H groups in total. The van der Waals surface area contributed by atoms with Crippen LogP contribution < -0.4 is 9.47 Å². The van der Waals surface area contributed by atoms with E-state index < -0.39 is 0 Å². The van der Waals surface area contributed by atoms with Gasteiger partial charge in [-0.1, -0.05) is 13.0 Å². The molecule has 0 bridgehead atoms. The lowest BCUT2D eigenvalue weighted by Crippen LogP contribution is -2.05. The summed E-state index contributed by atoms with van der Waals surface area (Å²) in [5.74, 6) is 1.41. The molecule has 2 rings (SSSR count). The zero-order valence-electron chi connectivity index (χ0n) is 9.36. The first kappa shape index (κ1) is 10.8. The van der Waals surface area contributed by atoms with Crippen molar-refractivity contribution in [1.82, 2.24) is 0 Å². The molecule has 0 fully saturated rings. The highest BCUT2D eigenvalue weighted by atomic mass is 16.7. The van der Waals surface area contributed by atoms with E-state index in [2.05, 4.69) is 4.74 Å². The normalized spacial score (nSPS) is 14.6. The van der Waals surface area contributed by atoms with Gasteiger partial charge in [0.25, 0.3) is 0 Å². The Hall–Kier alpha value is -1.71. The van der Waals surface area contributed by atoms with Crippen molar-refractivity contribution in [3.63, 3.8) is 0 Å². The van der Waals surface area contributed by atoms with Gasteiger partial charge in [-0.2, -0.15) is 0 Å². The second kappa shape index (κ2) is 4.43. The van der Waals surface area contributed by atoms with E-state index in [4.69, 9.17) is 9.47 Å². The lowest BCUT2D eigenvalue weighted by Gasteiger charge is -2.10. The van der Waals surface area contributed by atoms with Crippen molar-refractivity contribution in [2.24, 2.45) is 0 Å². The topological polar surface area (TPSA) is 44.8 Å². The Bertz CT molecular complexity index is 400. The molecule has 1 unspecified atom stereocenters. The molecule has 0 aliphatic carbocycles. The fourth-order valence-electron chi connectivity index (χ4n) is 1.67. The summed E-state index contributed by atoms with van der Waals surface area (Å²) in [6.45, 7) is 2.25. The van der Waals surface area contributed by atoms with Crippen molar-refractivity contribution in [3.8, 4) is 11.5 Å². The minimum absolute atomic E-state index is 0.113. The van der Waals surface area contributed by atoms with Crippen LogP contribution >= 0.6 is 0 Å².